The standard InChI is InChI=1S/C37H27N3O12S3.O3S/c1-19-11-13-20(14-12-19)18-38-24-15-25(28(54(47,48)49)17-27(24)53(44,45)46)39-26-16-29(55(50,51)52)34-32-30(22-9-5-6-10-23(22)36(42)31(26)32)33(37(43)40-34)35(41)21-7-3-2-4-8-21;1-4(2)3/h2-17,38-39,41H,18H2,1H3,(H,44,45,46)(H,47,48,49)(H,50,51,52);. The predicted octanol–water partition coefficient (Wildman–Crippen LogP) is 3.10. The molecule has 6 N–H and O–H groups in total. The predicted molar refractivity (Wildman–Crippen MR) is 212 cm³/mol. The Morgan fingerprint density at radius 2 is 1.20 bits per heavy atom. The summed E-state index contributed by atoms with van der Waals surface area (Å²) in [5, 5.41) is 15.8. The van der Waals surface area contributed by atoms with E-state index in [0.29, 0.717) is 11.6 Å². The van der Waals surface area contributed by atoms with Crippen LogP contribution >= 0.6 is 0 Å². The Morgan fingerprint density at radius 1 is 0.661 bits per heavy atom. The molecule has 0 amide bonds. The lowest BCUT2D eigenvalue weighted by Crippen LogP contribution is -2.33. The summed E-state index contributed by atoms with van der Waals surface area (Å²) in [7, 11) is -18.9. The Balaban J connectivity index is 0.00000140. The third-order valence-corrected chi connectivity index (χ3v) is 11.6. The number of nitrogens with one attached hydrogen (secondary N) is 2. The van der Waals surface area contributed by atoms with Crippen LogP contribution in [0.25, 0.3) is 27.4 Å². The highest BCUT2D eigenvalue weighted by atomic mass is 32.2. The molecule has 0 atom stereocenters. The van der Waals surface area contributed by atoms with E-state index < -0.39 is 94.5 Å². The molecule has 0 saturated heterocycles. The van der Waals surface area contributed by atoms with Crippen molar-refractivity contribution < 1.29 is 56.6 Å². The molecular formula is C37H27N3O15S4. The fourth-order valence-corrected chi connectivity index (χ4v) is 8.52. The first-order valence-corrected chi connectivity index (χ1v) is 21.8. The molecule has 22 heteroatoms. The van der Waals surface area contributed by atoms with Gasteiger partial charge in [0.2, 0.25) is 0 Å². The molecule has 0 spiro atoms. The lowest BCUT2D eigenvalue weighted by Gasteiger charge is -2.18. The van der Waals surface area contributed by atoms with Gasteiger partial charge in [0, 0.05) is 27.9 Å². The fourth-order valence-electron chi connectivity index (χ4n) is 6.46. The van der Waals surface area contributed by atoms with Gasteiger partial charge in [0.1, 0.15) is 20.4 Å². The highest BCUT2D eigenvalue weighted by Crippen LogP contribution is 2.37. The molecule has 1 aliphatic carbocycles. The highest BCUT2D eigenvalue weighted by molar-refractivity contribution is 7.87. The Kier molecular flexibility index (Phi) is 11.3. The van der Waals surface area contributed by atoms with Crippen LogP contribution in [0.3, 0.4) is 0 Å². The van der Waals surface area contributed by atoms with Crippen LogP contribution in [0.15, 0.2) is 121 Å². The largest absolute Gasteiger partial charge is 0.506 e. The second kappa shape index (κ2) is 15.7. The number of fused-ring (bicyclic) bond motifs is 2. The van der Waals surface area contributed by atoms with Gasteiger partial charge >= 0.3 is 10.6 Å². The molecule has 1 heterocycles. The summed E-state index contributed by atoms with van der Waals surface area (Å²) in [6.45, 7) is 1.80. The summed E-state index contributed by atoms with van der Waals surface area (Å²) < 4.78 is 133. The minimum Gasteiger partial charge on any atom is -0.506 e. The van der Waals surface area contributed by atoms with E-state index in [1.54, 1.807) is 42.5 Å². The first-order valence-electron chi connectivity index (χ1n) is 16.5. The number of rotatable bonds is 9. The van der Waals surface area contributed by atoms with Crippen LogP contribution in [-0.2, 0) is 47.5 Å². The minimum atomic E-state index is -5.34. The quantitative estimate of drug-likeness (QED) is 0.113. The number of hydrogen-bond acceptors (Lipinski definition) is 15. The lowest BCUT2D eigenvalue weighted by molar-refractivity contribution is 0.479. The van der Waals surface area contributed by atoms with Crippen molar-refractivity contribution in [3.63, 3.8) is 0 Å². The molecule has 7 rings (SSSR count). The van der Waals surface area contributed by atoms with Crippen molar-refractivity contribution in [2.75, 3.05) is 10.6 Å². The fraction of sp³-hybridized carbons (Fsp3) is 0.0541. The van der Waals surface area contributed by atoms with Crippen molar-refractivity contribution in [1.29, 1.82) is 0 Å². The first kappa shape index (κ1) is 42.2. The van der Waals surface area contributed by atoms with Crippen LogP contribution in [0.5, 0.6) is 0 Å². The van der Waals surface area contributed by atoms with Crippen LogP contribution in [0, 0.1) is 17.4 Å². The number of aliphatic hydroxyl groups excluding tert-OH is 1. The summed E-state index contributed by atoms with van der Waals surface area (Å²) in [4.78, 5) is 29.0. The van der Waals surface area contributed by atoms with E-state index in [1.807, 2.05) is 6.92 Å². The number of aliphatic hydroxyl groups is 1. The zero-order valence-corrected chi connectivity index (χ0v) is 33.1. The minimum absolute atomic E-state index is 0.0242. The van der Waals surface area contributed by atoms with Crippen LogP contribution in [-0.4, -0.2) is 61.6 Å². The molecule has 0 saturated carbocycles. The Bertz CT molecular complexity index is 3550. The van der Waals surface area contributed by atoms with E-state index in [9.17, 15) is 53.6 Å². The van der Waals surface area contributed by atoms with E-state index in [0.717, 1.165) is 17.7 Å². The number of benzene rings is 5. The summed E-state index contributed by atoms with van der Waals surface area (Å²) in [5.74, 6) is -0.573. The van der Waals surface area contributed by atoms with Gasteiger partial charge in [-0.2, -0.15) is 25.3 Å². The van der Waals surface area contributed by atoms with Crippen molar-refractivity contribution in [2.45, 2.75) is 28.2 Å². The van der Waals surface area contributed by atoms with E-state index >= 15 is 0 Å². The summed E-state index contributed by atoms with van der Waals surface area (Å²) in [5.41, 5.74) is -2.29. The molecule has 304 valence electrons. The topological polar surface area (TPSA) is 306 Å². The molecule has 0 radical (unpaired) electrons. The number of aryl methyl sites for hydroxylation is 1. The maximum Gasteiger partial charge on any atom is 0.425 e. The zero-order chi connectivity index (χ0) is 43.2. The summed E-state index contributed by atoms with van der Waals surface area (Å²) in [6.07, 6.45) is 0. The smallest absolute Gasteiger partial charge is 0.425 e. The molecule has 5 aromatic rings. The van der Waals surface area contributed by atoms with E-state index in [2.05, 4.69) is 15.6 Å². The first-order chi connectivity index (χ1) is 27.6. The monoisotopic (exact) mass is 881 g/mol. The second-order valence-corrected chi connectivity index (χ2v) is 17.3. The molecule has 1 aliphatic heterocycles. The second-order valence-electron chi connectivity index (χ2n) is 12.7. The average Bonchev–Trinajstić information content (AvgIpc) is 3.15. The Morgan fingerprint density at radius 3 is 1.78 bits per heavy atom. The van der Waals surface area contributed by atoms with Crippen molar-refractivity contribution in [3.05, 3.63) is 150 Å². The van der Waals surface area contributed by atoms with Gasteiger partial charge < -0.3 is 15.7 Å². The van der Waals surface area contributed by atoms with Gasteiger partial charge in [0.15, 0.2) is 5.43 Å². The van der Waals surface area contributed by atoms with Gasteiger partial charge in [-0.3, -0.25) is 23.2 Å². The molecule has 5 aromatic carbocycles. The third-order valence-electron chi connectivity index (χ3n) is 8.93. The van der Waals surface area contributed by atoms with Gasteiger partial charge in [-0.05, 0) is 36.1 Å². The van der Waals surface area contributed by atoms with Crippen LogP contribution in [0.4, 0.5) is 17.1 Å². The Labute approximate surface area is 334 Å². The molecule has 0 unspecified atom stereocenters. The number of aromatic nitrogens is 1. The maximum atomic E-state index is 14.4. The SMILES string of the molecule is Cc1ccc(CNc2cc(Nc3cc(S(=O)(=O)O)c4nc(=O)c(=C(O)c5ccccc5)c5c6ccccc6c(=O)c3c4=5)c(S(=O)(=O)O)cc2S(=O)(=O)O)cc1.O=S(=O)=O. The molecule has 59 heavy (non-hydrogen) atoms. The van der Waals surface area contributed by atoms with Gasteiger partial charge in [0.05, 0.1) is 33.2 Å². The van der Waals surface area contributed by atoms with Crippen molar-refractivity contribution in [2.24, 2.45) is 0 Å². The van der Waals surface area contributed by atoms with E-state index in [1.165, 1.54) is 36.4 Å². The Hall–Kier alpha value is -6.40. The van der Waals surface area contributed by atoms with Crippen LogP contribution < -0.4 is 26.8 Å². The molecule has 2 aliphatic rings. The van der Waals surface area contributed by atoms with Crippen molar-refractivity contribution in [1.82, 2.24) is 4.98 Å². The highest BCUT2D eigenvalue weighted by Gasteiger charge is 2.28. The number of hydrogen-bond donors (Lipinski definition) is 6. The third kappa shape index (κ3) is 8.59. The summed E-state index contributed by atoms with van der Waals surface area (Å²) >= 11 is 0. The van der Waals surface area contributed by atoms with Gasteiger partial charge in [-0.25, -0.2) is 4.98 Å². The number of anilines is 3. The van der Waals surface area contributed by atoms with Crippen LogP contribution in [0.2, 0.25) is 0 Å². The lowest BCUT2D eigenvalue weighted by atomic mass is 9.96. The normalized spacial score (nSPS) is 12.5. The molecular weight excluding hydrogens is 855 g/mol. The average molecular weight is 882 g/mol. The molecule has 18 nitrogen and oxygen atoms in total. The van der Waals surface area contributed by atoms with Gasteiger partial charge in [0.25, 0.3) is 35.9 Å². The van der Waals surface area contributed by atoms with Gasteiger partial charge in [-0.1, -0.05) is 84.4 Å². The zero-order valence-electron chi connectivity index (χ0n) is 29.8. The number of nitrogens with zero attached hydrogens (tertiary/aromatic N) is 1. The summed E-state index contributed by atoms with van der Waals surface area (Å²) in [6, 6.07) is 22.8. The molecule has 0 fully saturated rings. The van der Waals surface area contributed by atoms with Crippen LogP contribution in [0.1, 0.15) is 16.7 Å². The molecule has 0 aromatic heterocycles. The van der Waals surface area contributed by atoms with Gasteiger partial charge in [-0.15, -0.1) is 12.6 Å². The maximum absolute atomic E-state index is 14.4. The van der Waals surface area contributed by atoms with E-state index in [4.69, 9.17) is 12.6 Å². The van der Waals surface area contributed by atoms with E-state index in [-0.39, 0.29) is 44.4 Å². The van der Waals surface area contributed by atoms with Crippen molar-refractivity contribution in [3.8, 4) is 0 Å². The van der Waals surface area contributed by atoms with Crippen molar-refractivity contribution >= 4 is 85.5 Å². The molecule has 0 bridgehead atoms.